The van der Waals surface area contributed by atoms with Crippen LogP contribution < -0.4 is 10.1 Å². The van der Waals surface area contributed by atoms with Crippen molar-refractivity contribution in [1.29, 1.82) is 0 Å². The molecule has 0 aliphatic rings. The number of Topliss-reactive ketones (excluding diaryl/α,β-unsaturated/α-hetero) is 1. The molecule has 0 bridgehead atoms. The number of rotatable bonds is 8. The molecular weight excluding hydrogens is 302 g/mol. The van der Waals surface area contributed by atoms with Crippen LogP contribution in [0.5, 0.6) is 5.75 Å². The lowest BCUT2D eigenvalue weighted by Gasteiger charge is -2.19. The van der Waals surface area contributed by atoms with Crippen LogP contribution >= 0.6 is 0 Å². The molecule has 126 valence electrons. The minimum Gasteiger partial charge on any atom is -0.493 e. The third kappa shape index (κ3) is 5.71. The van der Waals surface area contributed by atoms with Crippen LogP contribution in [-0.2, 0) is 9.59 Å². The monoisotopic (exact) mass is 323 g/mol. The molecule has 0 aliphatic carbocycles. The summed E-state index contributed by atoms with van der Waals surface area (Å²) in [5.41, 5.74) is 0.168. The number of aliphatic hydroxyl groups is 1. The van der Waals surface area contributed by atoms with Gasteiger partial charge in [-0.15, -0.1) is 0 Å². The fourth-order valence-corrected chi connectivity index (χ4v) is 1.81. The van der Waals surface area contributed by atoms with Gasteiger partial charge in [0.2, 0.25) is 5.91 Å². The summed E-state index contributed by atoms with van der Waals surface area (Å²) >= 11 is 0. The minimum absolute atomic E-state index is 0.168. The number of carboxylic acids is 1. The molecule has 2 atom stereocenters. The van der Waals surface area contributed by atoms with Crippen molar-refractivity contribution in [2.24, 2.45) is 5.92 Å². The Hall–Kier alpha value is -2.41. The molecule has 0 saturated carbocycles. The normalized spacial score (nSPS) is 13.3. The average Bonchev–Trinajstić information content (AvgIpc) is 2.49. The Labute approximate surface area is 134 Å². The van der Waals surface area contributed by atoms with Crippen molar-refractivity contribution >= 4 is 17.7 Å². The number of aliphatic hydroxyl groups excluding tert-OH is 1. The van der Waals surface area contributed by atoms with Crippen LogP contribution in [0.3, 0.4) is 0 Å². The Balaban J connectivity index is 2.90. The third-order valence-electron chi connectivity index (χ3n) is 2.93. The highest BCUT2D eigenvalue weighted by Gasteiger charge is 2.33. The second kappa shape index (κ2) is 8.28. The first kappa shape index (κ1) is 18.6. The van der Waals surface area contributed by atoms with E-state index in [9.17, 15) is 19.5 Å². The van der Waals surface area contributed by atoms with E-state index in [-0.39, 0.29) is 5.56 Å². The molecule has 0 radical (unpaired) electrons. The molecule has 7 nitrogen and oxygen atoms in total. The lowest BCUT2D eigenvalue weighted by Crippen LogP contribution is -2.51. The van der Waals surface area contributed by atoms with E-state index in [1.54, 1.807) is 12.1 Å². The summed E-state index contributed by atoms with van der Waals surface area (Å²) < 4.78 is 5.49. The van der Waals surface area contributed by atoms with Gasteiger partial charge in [-0.2, -0.15) is 0 Å². The summed E-state index contributed by atoms with van der Waals surface area (Å²) in [5, 5.41) is 20.6. The van der Waals surface area contributed by atoms with Crippen LogP contribution in [0.25, 0.3) is 0 Å². The number of benzene rings is 1. The summed E-state index contributed by atoms with van der Waals surface area (Å²) in [6.45, 7) is 5.67. The van der Waals surface area contributed by atoms with E-state index in [0.29, 0.717) is 18.3 Å². The van der Waals surface area contributed by atoms with E-state index in [0.717, 1.165) is 6.92 Å². The summed E-state index contributed by atoms with van der Waals surface area (Å²) in [4.78, 5) is 34.3. The highest BCUT2D eigenvalue weighted by atomic mass is 16.5. The van der Waals surface area contributed by atoms with Gasteiger partial charge in [-0.05, 0) is 30.2 Å². The zero-order valence-corrected chi connectivity index (χ0v) is 13.3. The Morgan fingerprint density at radius 1 is 1.17 bits per heavy atom. The lowest BCUT2D eigenvalue weighted by atomic mass is 9.99. The number of carboxylic acid groups (broad SMARTS) is 1. The van der Waals surface area contributed by atoms with Gasteiger partial charge in [-0.1, -0.05) is 13.8 Å². The smallest absolute Gasteiger partial charge is 0.335 e. The predicted octanol–water partition coefficient (Wildman–Crippen LogP) is 0.854. The molecular formula is C16H21NO6. The van der Waals surface area contributed by atoms with Gasteiger partial charge in [0.15, 0.2) is 11.9 Å². The quantitative estimate of drug-likeness (QED) is 0.611. The van der Waals surface area contributed by atoms with Crippen LogP contribution in [0.4, 0.5) is 0 Å². The van der Waals surface area contributed by atoms with Crippen molar-refractivity contribution in [2.45, 2.75) is 32.9 Å². The molecule has 0 aromatic heterocycles. The van der Waals surface area contributed by atoms with E-state index in [4.69, 9.17) is 9.84 Å². The molecule has 0 aliphatic heterocycles. The van der Waals surface area contributed by atoms with Crippen molar-refractivity contribution in [2.75, 3.05) is 6.61 Å². The number of carbonyl (C=O) groups excluding carboxylic acids is 2. The molecule has 1 rings (SSSR count). The zero-order chi connectivity index (χ0) is 17.6. The van der Waals surface area contributed by atoms with E-state index in [2.05, 4.69) is 5.32 Å². The fraction of sp³-hybridized carbons (Fsp3) is 0.438. The molecule has 0 spiro atoms. The van der Waals surface area contributed by atoms with Crippen molar-refractivity contribution in [3.8, 4) is 5.75 Å². The summed E-state index contributed by atoms with van der Waals surface area (Å²) in [6.07, 6.45) is -2.02. The van der Waals surface area contributed by atoms with Crippen molar-refractivity contribution < 1.29 is 29.3 Å². The first-order valence-electron chi connectivity index (χ1n) is 7.17. The fourth-order valence-electron chi connectivity index (χ4n) is 1.81. The zero-order valence-electron chi connectivity index (χ0n) is 13.3. The summed E-state index contributed by atoms with van der Waals surface area (Å²) in [5.74, 6) is -1.96. The SMILES string of the molecule is CC(=O)NC(C(=O)c1ccc(OCC(C)C)cc1)C(O)C(=O)O. The number of nitrogens with one attached hydrogen (secondary N) is 1. The summed E-state index contributed by atoms with van der Waals surface area (Å²) in [7, 11) is 0. The van der Waals surface area contributed by atoms with Gasteiger partial charge in [-0.25, -0.2) is 4.79 Å². The van der Waals surface area contributed by atoms with Crippen LogP contribution in [0, 0.1) is 5.92 Å². The van der Waals surface area contributed by atoms with Crippen molar-refractivity contribution in [3.63, 3.8) is 0 Å². The van der Waals surface area contributed by atoms with E-state index < -0.39 is 29.8 Å². The summed E-state index contributed by atoms with van der Waals surface area (Å²) in [6, 6.07) is 4.52. The second-order valence-electron chi connectivity index (χ2n) is 5.55. The number of carbonyl (C=O) groups is 3. The van der Waals surface area contributed by atoms with Gasteiger partial charge in [-0.3, -0.25) is 9.59 Å². The topological polar surface area (TPSA) is 113 Å². The van der Waals surface area contributed by atoms with E-state index in [1.807, 2.05) is 13.8 Å². The van der Waals surface area contributed by atoms with Gasteiger partial charge in [0.25, 0.3) is 0 Å². The number of hydrogen-bond acceptors (Lipinski definition) is 5. The Morgan fingerprint density at radius 3 is 2.17 bits per heavy atom. The number of ketones is 1. The maximum Gasteiger partial charge on any atom is 0.335 e. The maximum atomic E-state index is 12.3. The number of hydrogen-bond donors (Lipinski definition) is 3. The van der Waals surface area contributed by atoms with Crippen molar-refractivity contribution in [3.05, 3.63) is 29.8 Å². The van der Waals surface area contributed by atoms with Gasteiger partial charge in [0.1, 0.15) is 11.8 Å². The molecule has 7 heteroatoms. The van der Waals surface area contributed by atoms with Gasteiger partial charge < -0.3 is 20.3 Å². The molecule has 23 heavy (non-hydrogen) atoms. The lowest BCUT2D eigenvalue weighted by molar-refractivity contribution is -0.147. The standard InChI is InChI=1S/C16H21NO6/c1-9(2)8-23-12-6-4-11(5-7-12)14(19)13(17-10(3)18)15(20)16(21)22/h4-7,9,13,15,20H,8H2,1-3H3,(H,17,18)(H,21,22). The molecule has 1 amide bonds. The predicted molar refractivity (Wildman–Crippen MR) is 82.4 cm³/mol. The van der Waals surface area contributed by atoms with E-state index >= 15 is 0 Å². The number of aliphatic carboxylic acids is 1. The van der Waals surface area contributed by atoms with Crippen LogP contribution in [0.2, 0.25) is 0 Å². The molecule has 3 N–H and O–H groups in total. The molecule has 0 saturated heterocycles. The maximum absolute atomic E-state index is 12.3. The Bertz CT molecular complexity index is 566. The van der Waals surface area contributed by atoms with Gasteiger partial charge in [0.05, 0.1) is 6.61 Å². The first-order chi connectivity index (χ1) is 10.7. The number of amides is 1. The van der Waals surface area contributed by atoms with Crippen LogP contribution in [0.1, 0.15) is 31.1 Å². The van der Waals surface area contributed by atoms with Crippen LogP contribution in [0.15, 0.2) is 24.3 Å². The first-order valence-corrected chi connectivity index (χ1v) is 7.17. The van der Waals surface area contributed by atoms with E-state index in [1.165, 1.54) is 12.1 Å². The molecule has 1 aromatic rings. The number of ether oxygens (including phenoxy) is 1. The molecule has 0 fully saturated rings. The Kier molecular flexibility index (Phi) is 6.71. The minimum atomic E-state index is -2.02. The molecule has 0 heterocycles. The Morgan fingerprint density at radius 2 is 1.74 bits per heavy atom. The molecule has 2 unspecified atom stereocenters. The average molecular weight is 323 g/mol. The highest BCUT2D eigenvalue weighted by Crippen LogP contribution is 2.15. The van der Waals surface area contributed by atoms with Crippen LogP contribution in [-0.4, -0.2) is 46.6 Å². The largest absolute Gasteiger partial charge is 0.493 e. The van der Waals surface area contributed by atoms with Gasteiger partial charge in [0, 0.05) is 12.5 Å². The van der Waals surface area contributed by atoms with Crippen molar-refractivity contribution in [1.82, 2.24) is 5.32 Å². The van der Waals surface area contributed by atoms with Gasteiger partial charge >= 0.3 is 5.97 Å². The third-order valence-corrected chi connectivity index (χ3v) is 2.93. The highest BCUT2D eigenvalue weighted by molar-refractivity contribution is 6.04. The second-order valence-corrected chi connectivity index (χ2v) is 5.55. The molecule has 1 aromatic carbocycles.